The third-order valence-corrected chi connectivity index (χ3v) is 6.48. The van der Waals surface area contributed by atoms with E-state index in [1.807, 2.05) is 23.6 Å². The van der Waals surface area contributed by atoms with Crippen molar-refractivity contribution in [3.8, 4) is 21.3 Å². The Hall–Kier alpha value is -1.85. The average Bonchev–Trinajstić information content (AvgIpc) is 3.36. The highest BCUT2D eigenvalue weighted by molar-refractivity contribution is 7.21. The molecule has 1 aromatic carbocycles. The van der Waals surface area contributed by atoms with Crippen LogP contribution in [0.15, 0.2) is 41.9 Å². The molecule has 1 fully saturated rings. The number of thiazole rings is 2. The van der Waals surface area contributed by atoms with Gasteiger partial charge in [0.05, 0.1) is 5.69 Å². The molecule has 0 radical (unpaired) electrons. The highest BCUT2D eigenvalue weighted by Crippen LogP contribution is 2.36. The van der Waals surface area contributed by atoms with Crippen molar-refractivity contribution in [3.05, 3.63) is 46.8 Å². The van der Waals surface area contributed by atoms with Crippen molar-refractivity contribution < 1.29 is 4.79 Å². The van der Waals surface area contributed by atoms with Crippen molar-refractivity contribution in [3.63, 3.8) is 0 Å². The number of hydrogen-bond donors (Lipinski definition) is 0. The molecule has 3 nitrogen and oxygen atoms in total. The molecule has 0 bridgehead atoms. The molecule has 1 saturated carbocycles. The maximum Gasteiger partial charge on any atom is 0.153 e. The van der Waals surface area contributed by atoms with Crippen molar-refractivity contribution in [1.82, 2.24) is 9.97 Å². The van der Waals surface area contributed by atoms with Crippen LogP contribution in [-0.4, -0.2) is 15.8 Å². The number of nitrogens with zero attached hydrogens (tertiary/aromatic N) is 2. The van der Waals surface area contributed by atoms with E-state index in [4.69, 9.17) is 4.98 Å². The Bertz CT molecular complexity index is 818. The Morgan fingerprint density at radius 3 is 2.62 bits per heavy atom. The smallest absolute Gasteiger partial charge is 0.153 e. The van der Waals surface area contributed by atoms with E-state index in [0.717, 1.165) is 39.0 Å². The maximum absolute atomic E-state index is 12.7. The van der Waals surface area contributed by atoms with E-state index >= 15 is 0 Å². The van der Waals surface area contributed by atoms with Crippen LogP contribution in [0.4, 0.5) is 0 Å². The minimum atomic E-state index is 0.249. The second kappa shape index (κ2) is 6.95. The molecule has 24 heavy (non-hydrogen) atoms. The summed E-state index contributed by atoms with van der Waals surface area (Å²) >= 11 is 3.20. The van der Waals surface area contributed by atoms with Gasteiger partial charge in [0.15, 0.2) is 10.0 Å². The van der Waals surface area contributed by atoms with Crippen LogP contribution in [0.1, 0.15) is 30.6 Å². The Morgan fingerprint density at radius 2 is 1.92 bits per heavy atom. The zero-order chi connectivity index (χ0) is 16.4. The lowest BCUT2D eigenvalue weighted by Gasteiger charge is -2.07. The molecule has 0 spiro atoms. The molecular formula is C19H18N2OS2. The Kier molecular flexibility index (Phi) is 4.54. The van der Waals surface area contributed by atoms with E-state index in [1.165, 1.54) is 12.8 Å². The van der Waals surface area contributed by atoms with E-state index in [0.29, 0.717) is 12.2 Å². The fraction of sp³-hybridized carbons (Fsp3) is 0.316. The molecule has 5 heteroatoms. The molecule has 122 valence electrons. The molecular weight excluding hydrogens is 336 g/mol. The lowest BCUT2D eigenvalue weighted by atomic mass is 9.98. The molecule has 0 N–H and O–H groups in total. The number of aromatic nitrogens is 2. The minimum Gasteiger partial charge on any atom is -0.299 e. The quantitative estimate of drug-likeness (QED) is 0.629. The largest absolute Gasteiger partial charge is 0.299 e. The topological polar surface area (TPSA) is 42.9 Å². The number of hydrogen-bond acceptors (Lipinski definition) is 5. The van der Waals surface area contributed by atoms with Crippen molar-refractivity contribution in [2.24, 2.45) is 5.92 Å². The van der Waals surface area contributed by atoms with Crippen LogP contribution in [0.2, 0.25) is 0 Å². The highest BCUT2D eigenvalue weighted by Gasteiger charge is 2.25. The number of rotatable bonds is 5. The number of Topliss-reactive ketones (excluding diaryl/α,β-unsaturated/α-hetero) is 1. The number of benzene rings is 1. The van der Waals surface area contributed by atoms with E-state index < -0.39 is 0 Å². The van der Waals surface area contributed by atoms with E-state index in [9.17, 15) is 4.79 Å². The normalized spacial score (nSPS) is 15.0. The first-order valence-electron chi connectivity index (χ1n) is 8.29. The van der Waals surface area contributed by atoms with Gasteiger partial charge >= 0.3 is 0 Å². The van der Waals surface area contributed by atoms with Crippen molar-refractivity contribution in [2.45, 2.75) is 32.1 Å². The van der Waals surface area contributed by atoms with E-state index in [1.54, 1.807) is 28.9 Å². The first kappa shape index (κ1) is 15.7. The SMILES string of the molecule is O=C(Cc1sc(-c2nccs2)nc1-c1ccccc1)C1CCCC1. The van der Waals surface area contributed by atoms with Gasteiger partial charge in [-0.15, -0.1) is 22.7 Å². The summed E-state index contributed by atoms with van der Waals surface area (Å²) in [5.74, 6) is 0.623. The molecule has 3 aromatic rings. The van der Waals surface area contributed by atoms with Crippen molar-refractivity contribution in [1.29, 1.82) is 0 Å². The Morgan fingerprint density at radius 1 is 1.12 bits per heavy atom. The van der Waals surface area contributed by atoms with Crippen LogP contribution < -0.4 is 0 Å². The molecule has 0 saturated heterocycles. The average molecular weight is 355 g/mol. The van der Waals surface area contributed by atoms with Crippen molar-refractivity contribution >= 4 is 28.5 Å². The number of carbonyl (C=O) groups excluding carboxylic acids is 1. The van der Waals surface area contributed by atoms with Gasteiger partial charge in [0, 0.05) is 34.4 Å². The van der Waals surface area contributed by atoms with Gasteiger partial charge in [0.25, 0.3) is 0 Å². The molecule has 2 heterocycles. The van der Waals surface area contributed by atoms with Gasteiger partial charge in [0.2, 0.25) is 0 Å². The summed E-state index contributed by atoms with van der Waals surface area (Å²) in [6.07, 6.45) is 6.78. The van der Waals surface area contributed by atoms with E-state index in [-0.39, 0.29) is 5.92 Å². The Labute approximate surface area is 149 Å². The van der Waals surface area contributed by atoms with Gasteiger partial charge in [-0.2, -0.15) is 0 Å². The van der Waals surface area contributed by atoms with Crippen LogP contribution in [0.25, 0.3) is 21.3 Å². The summed E-state index contributed by atoms with van der Waals surface area (Å²) in [7, 11) is 0. The summed E-state index contributed by atoms with van der Waals surface area (Å²) in [6, 6.07) is 10.1. The third-order valence-electron chi connectivity index (χ3n) is 4.51. The Balaban J connectivity index is 1.69. The summed E-state index contributed by atoms with van der Waals surface area (Å²) in [5.41, 5.74) is 2.02. The van der Waals surface area contributed by atoms with Crippen LogP contribution in [0.3, 0.4) is 0 Å². The summed E-state index contributed by atoms with van der Waals surface area (Å²) in [4.78, 5) is 22.9. The molecule has 0 atom stereocenters. The minimum absolute atomic E-state index is 0.249. The second-order valence-electron chi connectivity index (χ2n) is 6.12. The van der Waals surface area contributed by atoms with E-state index in [2.05, 4.69) is 17.1 Å². The van der Waals surface area contributed by atoms with Crippen LogP contribution in [-0.2, 0) is 11.2 Å². The molecule has 0 amide bonds. The predicted molar refractivity (Wildman–Crippen MR) is 99.3 cm³/mol. The molecule has 2 aromatic heterocycles. The lowest BCUT2D eigenvalue weighted by Crippen LogP contribution is -2.13. The van der Waals surface area contributed by atoms with Gasteiger partial charge in [-0.25, -0.2) is 9.97 Å². The standard InChI is InChI=1S/C19H18N2OS2/c22-15(13-6-4-5-7-13)12-16-17(14-8-2-1-3-9-14)21-19(24-16)18-20-10-11-23-18/h1-3,8-11,13H,4-7,12H2. The molecule has 0 unspecified atom stereocenters. The monoisotopic (exact) mass is 354 g/mol. The van der Waals surface area contributed by atoms with Crippen LogP contribution >= 0.6 is 22.7 Å². The zero-order valence-electron chi connectivity index (χ0n) is 13.3. The summed E-state index contributed by atoms with van der Waals surface area (Å²) < 4.78 is 0. The summed E-state index contributed by atoms with van der Waals surface area (Å²) in [6.45, 7) is 0. The summed E-state index contributed by atoms with van der Waals surface area (Å²) in [5, 5.41) is 3.80. The second-order valence-corrected chi connectivity index (χ2v) is 8.10. The molecule has 4 rings (SSSR count). The zero-order valence-corrected chi connectivity index (χ0v) is 14.9. The molecule has 0 aliphatic heterocycles. The van der Waals surface area contributed by atoms with Crippen LogP contribution in [0, 0.1) is 5.92 Å². The number of ketones is 1. The van der Waals surface area contributed by atoms with Gasteiger partial charge in [-0.1, -0.05) is 43.2 Å². The maximum atomic E-state index is 12.7. The van der Waals surface area contributed by atoms with Gasteiger partial charge in [-0.3, -0.25) is 4.79 Å². The van der Waals surface area contributed by atoms with Crippen molar-refractivity contribution in [2.75, 3.05) is 0 Å². The third kappa shape index (κ3) is 3.19. The number of carbonyl (C=O) groups is 1. The van der Waals surface area contributed by atoms with Gasteiger partial charge < -0.3 is 0 Å². The first-order chi connectivity index (χ1) is 11.8. The first-order valence-corrected chi connectivity index (χ1v) is 9.98. The lowest BCUT2D eigenvalue weighted by molar-refractivity contribution is -0.121. The molecule has 1 aliphatic rings. The fourth-order valence-corrected chi connectivity index (χ4v) is 5.04. The van der Waals surface area contributed by atoms with Gasteiger partial charge in [0.1, 0.15) is 5.78 Å². The van der Waals surface area contributed by atoms with Crippen LogP contribution in [0.5, 0.6) is 0 Å². The fourth-order valence-electron chi connectivity index (χ4n) is 3.26. The van der Waals surface area contributed by atoms with Gasteiger partial charge in [-0.05, 0) is 12.8 Å². The molecule has 1 aliphatic carbocycles. The highest BCUT2D eigenvalue weighted by atomic mass is 32.1. The predicted octanol–water partition coefficient (Wildman–Crippen LogP) is 5.24.